The molecule has 0 aliphatic carbocycles. The van der Waals surface area contributed by atoms with E-state index >= 15 is 0 Å². The summed E-state index contributed by atoms with van der Waals surface area (Å²) in [7, 11) is 0. The van der Waals surface area contributed by atoms with Crippen LogP contribution in [0, 0.1) is 6.92 Å². The molecule has 0 atom stereocenters. The molecule has 3 aromatic rings. The van der Waals surface area contributed by atoms with Crippen LogP contribution in [0.1, 0.15) is 5.56 Å². The molecule has 116 valence electrons. The van der Waals surface area contributed by atoms with Crippen LogP contribution < -0.4 is 15.1 Å². The van der Waals surface area contributed by atoms with Crippen LogP contribution in [0.2, 0.25) is 0 Å². The molecule has 0 radical (unpaired) electrons. The molecule has 5 heteroatoms. The molecule has 0 fully saturated rings. The predicted molar refractivity (Wildman–Crippen MR) is 84.8 cm³/mol. The van der Waals surface area contributed by atoms with E-state index in [9.17, 15) is 9.59 Å². The molecular weight excluding hydrogens is 296 g/mol. The molecule has 0 saturated carbocycles. The van der Waals surface area contributed by atoms with Crippen LogP contribution >= 0.6 is 0 Å². The zero-order valence-corrected chi connectivity index (χ0v) is 12.4. The van der Waals surface area contributed by atoms with Gasteiger partial charge in [0.1, 0.15) is 17.1 Å². The van der Waals surface area contributed by atoms with Crippen molar-refractivity contribution in [3.8, 4) is 11.5 Å². The highest BCUT2D eigenvalue weighted by atomic mass is 16.6. The Balaban J connectivity index is 1.65. The van der Waals surface area contributed by atoms with Gasteiger partial charge >= 0.3 is 11.6 Å². The van der Waals surface area contributed by atoms with E-state index in [4.69, 9.17) is 13.9 Å². The van der Waals surface area contributed by atoms with E-state index in [1.54, 1.807) is 30.3 Å². The zero-order chi connectivity index (χ0) is 16.2. The molecule has 0 saturated heterocycles. The molecule has 5 nitrogen and oxygen atoms in total. The standard InChI is InChI=1S/C18H14O5/c1-12-2-6-14(7-3-12)21-11-18(20)22-15-8-4-13-5-9-17(19)23-16(13)10-15/h2-10H,11H2,1H3. The maximum atomic E-state index is 11.8. The van der Waals surface area contributed by atoms with Gasteiger partial charge in [0.05, 0.1) is 0 Å². The van der Waals surface area contributed by atoms with Crippen LogP contribution in [0.25, 0.3) is 11.0 Å². The number of esters is 1. The Morgan fingerprint density at radius 1 is 1.00 bits per heavy atom. The summed E-state index contributed by atoms with van der Waals surface area (Å²) in [6.45, 7) is 1.76. The van der Waals surface area contributed by atoms with Gasteiger partial charge in [0.25, 0.3) is 0 Å². The third-order valence-electron chi connectivity index (χ3n) is 3.20. The van der Waals surface area contributed by atoms with Gasteiger partial charge in [-0.1, -0.05) is 17.7 Å². The fraction of sp³-hybridized carbons (Fsp3) is 0.111. The first-order valence-electron chi connectivity index (χ1n) is 7.04. The summed E-state index contributed by atoms with van der Waals surface area (Å²) >= 11 is 0. The average molecular weight is 310 g/mol. The highest BCUT2D eigenvalue weighted by molar-refractivity contribution is 5.80. The number of fused-ring (bicyclic) bond motifs is 1. The summed E-state index contributed by atoms with van der Waals surface area (Å²) in [4.78, 5) is 23.0. The number of carbonyl (C=O) groups excluding carboxylic acids is 1. The Hall–Kier alpha value is -3.08. The van der Waals surface area contributed by atoms with Crippen molar-refractivity contribution in [2.45, 2.75) is 6.92 Å². The molecule has 0 N–H and O–H groups in total. The summed E-state index contributed by atoms with van der Waals surface area (Å²) in [6.07, 6.45) is 0. The Morgan fingerprint density at radius 2 is 1.70 bits per heavy atom. The van der Waals surface area contributed by atoms with Gasteiger partial charge in [-0.15, -0.1) is 0 Å². The molecule has 23 heavy (non-hydrogen) atoms. The van der Waals surface area contributed by atoms with Crippen LogP contribution in [0.15, 0.2) is 63.8 Å². The van der Waals surface area contributed by atoms with Gasteiger partial charge in [0.15, 0.2) is 6.61 Å². The molecule has 0 aliphatic heterocycles. The molecule has 0 aliphatic rings. The number of ether oxygens (including phenoxy) is 2. The van der Waals surface area contributed by atoms with Crippen molar-refractivity contribution in [1.29, 1.82) is 0 Å². The number of carbonyl (C=O) groups is 1. The van der Waals surface area contributed by atoms with E-state index in [0.717, 1.165) is 10.9 Å². The molecule has 3 rings (SSSR count). The summed E-state index contributed by atoms with van der Waals surface area (Å²) in [6, 6.07) is 15.2. The molecule has 1 aromatic heterocycles. The van der Waals surface area contributed by atoms with Crippen molar-refractivity contribution >= 4 is 16.9 Å². The summed E-state index contributed by atoms with van der Waals surface area (Å²) in [5.41, 5.74) is 1.02. The highest BCUT2D eigenvalue weighted by Gasteiger charge is 2.08. The third-order valence-corrected chi connectivity index (χ3v) is 3.20. The van der Waals surface area contributed by atoms with Crippen molar-refractivity contribution in [3.63, 3.8) is 0 Å². The van der Waals surface area contributed by atoms with Gasteiger partial charge in [-0.05, 0) is 37.3 Å². The van der Waals surface area contributed by atoms with Crippen molar-refractivity contribution < 1.29 is 18.7 Å². The summed E-state index contributed by atoms with van der Waals surface area (Å²) in [5, 5.41) is 0.750. The van der Waals surface area contributed by atoms with Gasteiger partial charge < -0.3 is 13.9 Å². The molecule has 2 aromatic carbocycles. The normalized spacial score (nSPS) is 10.5. The van der Waals surface area contributed by atoms with Crippen LogP contribution in [0.5, 0.6) is 11.5 Å². The quantitative estimate of drug-likeness (QED) is 0.421. The lowest BCUT2D eigenvalue weighted by Crippen LogP contribution is -2.17. The number of aryl methyl sites for hydroxylation is 1. The van der Waals surface area contributed by atoms with Crippen molar-refractivity contribution in [3.05, 3.63) is 70.6 Å². The number of hydrogen-bond acceptors (Lipinski definition) is 5. The first kappa shape index (κ1) is 14.8. The number of rotatable bonds is 4. The largest absolute Gasteiger partial charge is 0.482 e. The van der Waals surface area contributed by atoms with Gasteiger partial charge in [-0.2, -0.15) is 0 Å². The van der Waals surface area contributed by atoms with Crippen molar-refractivity contribution in [2.75, 3.05) is 6.61 Å². The molecule has 0 unspecified atom stereocenters. The third kappa shape index (κ3) is 3.77. The monoisotopic (exact) mass is 310 g/mol. The SMILES string of the molecule is Cc1ccc(OCC(=O)Oc2ccc3ccc(=O)oc3c2)cc1. The minimum Gasteiger partial charge on any atom is -0.482 e. The lowest BCUT2D eigenvalue weighted by atomic mass is 10.2. The maximum Gasteiger partial charge on any atom is 0.349 e. The van der Waals surface area contributed by atoms with E-state index < -0.39 is 11.6 Å². The Bertz CT molecular complexity index is 893. The van der Waals surface area contributed by atoms with E-state index in [0.29, 0.717) is 17.1 Å². The zero-order valence-electron chi connectivity index (χ0n) is 12.4. The number of benzene rings is 2. The van der Waals surface area contributed by atoms with Gasteiger partial charge in [-0.25, -0.2) is 9.59 Å². The van der Waals surface area contributed by atoms with Crippen LogP contribution in [0.3, 0.4) is 0 Å². The first-order chi connectivity index (χ1) is 11.1. The highest BCUT2D eigenvalue weighted by Crippen LogP contribution is 2.19. The van der Waals surface area contributed by atoms with Crippen molar-refractivity contribution in [2.24, 2.45) is 0 Å². The average Bonchev–Trinajstić information content (AvgIpc) is 2.54. The Morgan fingerprint density at radius 3 is 2.48 bits per heavy atom. The Labute approximate surface area is 132 Å². The predicted octanol–water partition coefficient (Wildman–Crippen LogP) is 3.09. The maximum absolute atomic E-state index is 11.8. The fourth-order valence-corrected chi connectivity index (χ4v) is 2.04. The van der Waals surface area contributed by atoms with E-state index in [1.165, 1.54) is 12.1 Å². The van der Waals surface area contributed by atoms with Crippen molar-refractivity contribution in [1.82, 2.24) is 0 Å². The second-order valence-corrected chi connectivity index (χ2v) is 5.03. The lowest BCUT2D eigenvalue weighted by molar-refractivity contribution is -0.136. The Kier molecular flexibility index (Phi) is 4.10. The van der Waals surface area contributed by atoms with Crippen LogP contribution in [-0.4, -0.2) is 12.6 Å². The second-order valence-electron chi connectivity index (χ2n) is 5.03. The number of hydrogen-bond donors (Lipinski definition) is 0. The summed E-state index contributed by atoms with van der Waals surface area (Å²) in [5.74, 6) is 0.351. The molecule has 0 amide bonds. The van der Waals surface area contributed by atoms with Crippen LogP contribution in [-0.2, 0) is 4.79 Å². The molecule has 1 heterocycles. The fourth-order valence-electron chi connectivity index (χ4n) is 2.04. The lowest BCUT2D eigenvalue weighted by Gasteiger charge is -2.07. The minimum absolute atomic E-state index is 0.208. The molecular formula is C18H14O5. The van der Waals surface area contributed by atoms with Gasteiger partial charge in [0, 0.05) is 17.5 Å². The second kappa shape index (κ2) is 6.36. The van der Waals surface area contributed by atoms with E-state index in [2.05, 4.69) is 0 Å². The topological polar surface area (TPSA) is 65.7 Å². The minimum atomic E-state index is -0.539. The van der Waals surface area contributed by atoms with Crippen LogP contribution in [0.4, 0.5) is 0 Å². The van der Waals surface area contributed by atoms with E-state index in [1.807, 2.05) is 19.1 Å². The van der Waals surface area contributed by atoms with Gasteiger partial charge in [-0.3, -0.25) is 0 Å². The van der Waals surface area contributed by atoms with Gasteiger partial charge in [0.2, 0.25) is 0 Å². The smallest absolute Gasteiger partial charge is 0.349 e. The first-order valence-corrected chi connectivity index (χ1v) is 7.04. The molecule has 0 spiro atoms. The molecule has 0 bridgehead atoms. The van der Waals surface area contributed by atoms with E-state index in [-0.39, 0.29) is 6.61 Å². The summed E-state index contributed by atoms with van der Waals surface area (Å²) < 4.78 is 15.6.